The zero-order valence-corrected chi connectivity index (χ0v) is 15.0. The van der Waals surface area contributed by atoms with Crippen LogP contribution in [0.5, 0.6) is 11.5 Å². The van der Waals surface area contributed by atoms with Crippen molar-refractivity contribution in [3.8, 4) is 11.5 Å². The summed E-state index contributed by atoms with van der Waals surface area (Å²) < 4.78 is 73.6. The van der Waals surface area contributed by atoms with Gasteiger partial charge in [-0.15, -0.1) is 11.8 Å². The molecule has 27 heavy (non-hydrogen) atoms. The van der Waals surface area contributed by atoms with E-state index >= 15 is 0 Å². The normalized spacial score (nSPS) is 11.2. The van der Waals surface area contributed by atoms with Crippen molar-refractivity contribution in [1.29, 1.82) is 0 Å². The first-order chi connectivity index (χ1) is 12.7. The van der Waals surface area contributed by atoms with Crippen LogP contribution in [0.3, 0.4) is 0 Å². The van der Waals surface area contributed by atoms with Gasteiger partial charge in [0.2, 0.25) is 0 Å². The molecule has 0 aromatic heterocycles. The highest BCUT2D eigenvalue weighted by Gasteiger charge is 2.30. The highest BCUT2D eigenvalue weighted by molar-refractivity contribution is 7.99. The largest absolute Gasteiger partial charge is 0.489 e. The first-order valence-electron chi connectivity index (χ1n) is 7.64. The molecule has 0 bridgehead atoms. The summed E-state index contributed by atoms with van der Waals surface area (Å²) in [5.41, 5.74) is -0.329. The van der Waals surface area contributed by atoms with Gasteiger partial charge < -0.3 is 9.47 Å². The third kappa shape index (κ3) is 6.16. The number of aryl methyl sites for hydroxylation is 1. The Morgan fingerprint density at radius 3 is 2.26 bits per heavy atom. The van der Waals surface area contributed by atoms with Gasteiger partial charge in [0.1, 0.15) is 18.1 Å². The van der Waals surface area contributed by atoms with Gasteiger partial charge in [-0.25, -0.2) is 0 Å². The van der Waals surface area contributed by atoms with Crippen molar-refractivity contribution in [1.82, 2.24) is 0 Å². The van der Waals surface area contributed by atoms with Crippen LogP contribution in [0.15, 0.2) is 59.0 Å². The SMILES string of the molecule is [CH]Oc1ccc(SCC(COc2ccc(C(F)(F)F)cc2)=C(F)F)cc1C. The molecule has 0 unspecified atom stereocenters. The molecule has 0 fully saturated rings. The fraction of sp³-hybridized carbons (Fsp3) is 0.211. The average molecular weight is 402 g/mol. The van der Waals surface area contributed by atoms with Crippen LogP contribution in [0, 0.1) is 14.0 Å². The third-order valence-corrected chi connectivity index (χ3v) is 4.63. The molecular formula is C19H15F5O2S. The maximum atomic E-state index is 13.1. The van der Waals surface area contributed by atoms with E-state index in [0.717, 1.165) is 34.7 Å². The number of benzene rings is 2. The first-order valence-corrected chi connectivity index (χ1v) is 8.62. The van der Waals surface area contributed by atoms with E-state index < -0.39 is 24.4 Å². The number of hydrogen-bond acceptors (Lipinski definition) is 3. The molecule has 0 N–H and O–H groups in total. The van der Waals surface area contributed by atoms with Crippen LogP contribution in [0.1, 0.15) is 11.1 Å². The summed E-state index contributed by atoms with van der Waals surface area (Å²) in [4.78, 5) is 0.738. The Morgan fingerprint density at radius 2 is 1.74 bits per heavy atom. The van der Waals surface area contributed by atoms with Crippen molar-refractivity contribution in [2.24, 2.45) is 0 Å². The third-order valence-electron chi connectivity index (χ3n) is 3.55. The van der Waals surface area contributed by atoms with Crippen LogP contribution in [0.4, 0.5) is 22.0 Å². The summed E-state index contributed by atoms with van der Waals surface area (Å²) in [6.45, 7) is 1.34. The Kier molecular flexibility index (Phi) is 7.12. The van der Waals surface area contributed by atoms with Gasteiger partial charge in [-0.1, -0.05) is 0 Å². The number of thioether (sulfide) groups is 1. The fourth-order valence-corrected chi connectivity index (χ4v) is 3.03. The highest BCUT2D eigenvalue weighted by atomic mass is 32.2. The van der Waals surface area contributed by atoms with Crippen molar-refractivity contribution in [2.45, 2.75) is 18.0 Å². The van der Waals surface area contributed by atoms with Crippen LogP contribution in [-0.4, -0.2) is 12.4 Å². The van der Waals surface area contributed by atoms with Crippen molar-refractivity contribution in [3.63, 3.8) is 0 Å². The van der Waals surface area contributed by atoms with E-state index in [1.54, 1.807) is 25.1 Å². The Hall–Kier alpha value is -2.22. The molecule has 0 heterocycles. The molecule has 8 heteroatoms. The zero-order chi connectivity index (χ0) is 20.0. The minimum Gasteiger partial charge on any atom is -0.489 e. The maximum Gasteiger partial charge on any atom is 0.416 e. The molecule has 2 aromatic rings. The van der Waals surface area contributed by atoms with Crippen LogP contribution in [-0.2, 0) is 6.18 Å². The zero-order valence-electron chi connectivity index (χ0n) is 14.1. The lowest BCUT2D eigenvalue weighted by Crippen LogP contribution is -2.06. The lowest BCUT2D eigenvalue weighted by Gasteiger charge is -2.11. The molecule has 0 aliphatic heterocycles. The topological polar surface area (TPSA) is 18.5 Å². The summed E-state index contributed by atoms with van der Waals surface area (Å²) in [7, 11) is 5.10. The van der Waals surface area contributed by atoms with Gasteiger partial charge in [-0.3, -0.25) is 0 Å². The van der Waals surface area contributed by atoms with Crippen LogP contribution < -0.4 is 9.47 Å². The van der Waals surface area contributed by atoms with E-state index in [-0.39, 0.29) is 17.1 Å². The van der Waals surface area contributed by atoms with Gasteiger partial charge in [0.25, 0.3) is 6.08 Å². The minimum atomic E-state index is -4.46. The van der Waals surface area contributed by atoms with E-state index in [4.69, 9.17) is 11.8 Å². The predicted octanol–water partition coefficient (Wildman–Crippen LogP) is 6.38. The molecule has 2 aromatic carbocycles. The van der Waals surface area contributed by atoms with Crippen molar-refractivity contribution in [3.05, 3.63) is 72.4 Å². The Labute approximate surface area is 158 Å². The molecule has 0 spiro atoms. The van der Waals surface area contributed by atoms with Gasteiger partial charge >= 0.3 is 6.18 Å². The van der Waals surface area contributed by atoms with Gasteiger partial charge in [-0.2, -0.15) is 22.0 Å². The number of halogens is 5. The second-order valence-electron chi connectivity index (χ2n) is 5.51. The molecule has 2 nitrogen and oxygen atoms in total. The van der Waals surface area contributed by atoms with E-state index in [1.165, 1.54) is 11.8 Å². The Morgan fingerprint density at radius 1 is 1.07 bits per heavy atom. The van der Waals surface area contributed by atoms with E-state index in [0.29, 0.717) is 5.75 Å². The second-order valence-corrected chi connectivity index (χ2v) is 6.56. The number of hydrogen-bond donors (Lipinski definition) is 0. The van der Waals surface area contributed by atoms with Gasteiger partial charge in [0.15, 0.2) is 7.11 Å². The molecule has 0 aliphatic carbocycles. The number of rotatable bonds is 7. The van der Waals surface area contributed by atoms with Crippen molar-refractivity contribution < 1.29 is 31.4 Å². The van der Waals surface area contributed by atoms with Crippen LogP contribution in [0.2, 0.25) is 0 Å². The summed E-state index contributed by atoms with van der Waals surface area (Å²) >= 11 is 1.17. The summed E-state index contributed by atoms with van der Waals surface area (Å²) in [6, 6.07) is 8.93. The summed E-state index contributed by atoms with van der Waals surface area (Å²) in [5.74, 6) is 0.523. The highest BCUT2D eigenvalue weighted by Crippen LogP contribution is 2.31. The van der Waals surface area contributed by atoms with E-state index in [9.17, 15) is 22.0 Å². The lowest BCUT2D eigenvalue weighted by molar-refractivity contribution is -0.137. The second kappa shape index (κ2) is 9.12. The average Bonchev–Trinajstić information content (AvgIpc) is 2.61. The van der Waals surface area contributed by atoms with Crippen molar-refractivity contribution in [2.75, 3.05) is 12.4 Å². The maximum absolute atomic E-state index is 13.1. The fourth-order valence-electron chi connectivity index (χ4n) is 2.08. The standard InChI is InChI=1S/C19H15F5O2S/c1-12-9-16(7-8-17(12)25-2)27-11-13(18(20)21)10-26-15-5-3-14(4-6-15)19(22,23)24/h2-9H,10-11H2,1H3. The molecule has 0 aliphatic rings. The molecule has 0 atom stereocenters. The Balaban J connectivity index is 1.96. The summed E-state index contributed by atoms with van der Waals surface area (Å²) in [6.07, 6.45) is -6.35. The molecule has 2 rings (SSSR count). The molecule has 144 valence electrons. The molecule has 0 amide bonds. The minimum absolute atomic E-state index is 0.0365. The Bertz CT molecular complexity index is 797. The molecular weight excluding hydrogens is 387 g/mol. The smallest absolute Gasteiger partial charge is 0.416 e. The van der Waals surface area contributed by atoms with Gasteiger partial charge in [-0.05, 0) is 55.0 Å². The summed E-state index contributed by atoms with van der Waals surface area (Å²) in [5, 5.41) is 0. The van der Waals surface area contributed by atoms with Crippen molar-refractivity contribution >= 4 is 11.8 Å². The molecule has 0 saturated carbocycles. The van der Waals surface area contributed by atoms with Gasteiger partial charge in [0.05, 0.1) is 5.56 Å². The lowest BCUT2D eigenvalue weighted by atomic mass is 10.2. The van der Waals surface area contributed by atoms with Gasteiger partial charge in [0, 0.05) is 16.2 Å². The molecule has 0 saturated heterocycles. The quantitative estimate of drug-likeness (QED) is 0.395. The van der Waals surface area contributed by atoms with E-state index in [2.05, 4.69) is 4.74 Å². The first kappa shape index (κ1) is 21.1. The van der Waals surface area contributed by atoms with Crippen LogP contribution in [0.25, 0.3) is 0 Å². The number of ether oxygens (including phenoxy) is 2. The monoisotopic (exact) mass is 402 g/mol. The van der Waals surface area contributed by atoms with E-state index in [1.807, 2.05) is 0 Å². The predicted molar refractivity (Wildman–Crippen MR) is 93.0 cm³/mol. The molecule has 2 radical (unpaired) electrons. The van der Waals surface area contributed by atoms with Crippen LogP contribution >= 0.6 is 11.8 Å². The number of alkyl halides is 3.